The molecule has 2 amide bonds. The van der Waals surface area contributed by atoms with Gasteiger partial charge in [0.25, 0.3) is 5.91 Å². The Morgan fingerprint density at radius 3 is 2.33 bits per heavy atom. The molecule has 0 saturated carbocycles. The lowest BCUT2D eigenvalue weighted by Gasteiger charge is -2.22. The van der Waals surface area contributed by atoms with Gasteiger partial charge in [0, 0.05) is 16.0 Å². The summed E-state index contributed by atoms with van der Waals surface area (Å²) in [5.74, 6) is -3.48. The third-order valence-electron chi connectivity index (χ3n) is 4.87. The molecule has 33 heavy (non-hydrogen) atoms. The number of rotatable bonds is 6. The first-order valence-corrected chi connectivity index (χ1v) is 11.0. The number of anilines is 1. The maximum atomic E-state index is 14.3. The number of nitrogens with one attached hydrogen (secondary N) is 1. The van der Waals surface area contributed by atoms with E-state index in [0.717, 1.165) is 33.2 Å². The van der Waals surface area contributed by atoms with Gasteiger partial charge in [-0.2, -0.15) is 0 Å². The van der Waals surface area contributed by atoms with Crippen LogP contribution in [0, 0.1) is 17.5 Å². The Morgan fingerprint density at radius 1 is 0.909 bits per heavy atom. The average molecular weight is 489 g/mol. The second kappa shape index (κ2) is 9.64. The molecule has 4 nitrogen and oxygen atoms in total. The van der Waals surface area contributed by atoms with Crippen LogP contribution in [0.5, 0.6) is 0 Å². The summed E-state index contributed by atoms with van der Waals surface area (Å²) in [7, 11) is 0. The van der Waals surface area contributed by atoms with Crippen LogP contribution in [0.25, 0.3) is 10.1 Å². The number of amides is 2. The molecule has 0 atom stereocenters. The third-order valence-corrected chi connectivity index (χ3v) is 6.27. The maximum Gasteiger partial charge on any atom is 0.264 e. The molecule has 0 saturated heterocycles. The van der Waals surface area contributed by atoms with Crippen LogP contribution in [0.2, 0.25) is 5.02 Å². The largest absolute Gasteiger partial charge is 0.324 e. The van der Waals surface area contributed by atoms with Crippen molar-refractivity contribution in [2.45, 2.75) is 6.54 Å². The number of hydrogen-bond donors (Lipinski definition) is 1. The number of nitrogens with zero attached hydrogens (tertiary/aromatic N) is 1. The second-order valence-electron chi connectivity index (χ2n) is 7.19. The van der Waals surface area contributed by atoms with Crippen molar-refractivity contribution in [3.05, 3.63) is 99.6 Å². The number of fused-ring (bicyclic) bond motifs is 1. The van der Waals surface area contributed by atoms with Gasteiger partial charge >= 0.3 is 0 Å². The van der Waals surface area contributed by atoms with Crippen molar-refractivity contribution in [2.24, 2.45) is 0 Å². The number of hydrogen-bond acceptors (Lipinski definition) is 3. The molecule has 0 radical (unpaired) electrons. The van der Waals surface area contributed by atoms with Gasteiger partial charge in [-0.1, -0.05) is 35.9 Å². The fourth-order valence-corrected chi connectivity index (χ4v) is 4.48. The van der Waals surface area contributed by atoms with Crippen molar-refractivity contribution in [1.29, 1.82) is 0 Å². The van der Waals surface area contributed by atoms with E-state index in [0.29, 0.717) is 4.88 Å². The standard InChI is InChI=1S/C24H16ClF3N2O2S/c25-17-11-15(8-9-20(17)28)29-23(31)13-30(12-16-18(26)5-3-6-19(16)27)24(32)22-10-14-4-1-2-7-21(14)33-22/h1-11H,12-13H2,(H,29,31). The van der Waals surface area contributed by atoms with Gasteiger partial charge in [-0.15, -0.1) is 11.3 Å². The van der Waals surface area contributed by atoms with E-state index in [1.165, 1.54) is 29.5 Å². The first-order chi connectivity index (χ1) is 15.8. The summed E-state index contributed by atoms with van der Waals surface area (Å²) in [6, 6.07) is 16.0. The van der Waals surface area contributed by atoms with Crippen LogP contribution in [0.3, 0.4) is 0 Å². The second-order valence-corrected chi connectivity index (χ2v) is 8.68. The Morgan fingerprint density at radius 2 is 1.64 bits per heavy atom. The van der Waals surface area contributed by atoms with Crippen molar-refractivity contribution in [2.75, 3.05) is 11.9 Å². The van der Waals surface area contributed by atoms with Crippen LogP contribution in [-0.2, 0) is 11.3 Å². The van der Waals surface area contributed by atoms with Gasteiger partial charge in [0.1, 0.15) is 24.0 Å². The Balaban J connectivity index is 1.62. The highest BCUT2D eigenvalue weighted by Gasteiger charge is 2.24. The zero-order valence-corrected chi connectivity index (χ0v) is 18.5. The van der Waals surface area contributed by atoms with E-state index in [9.17, 15) is 22.8 Å². The lowest BCUT2D eigenvalue weighted by Crippen LogP contribution is -2.37. The molecule has 0 aliphatic heterocycles. The van der Waals surface area contributed by atoms with Gasteiger partial charge < -0.3 is 10.2 Å². The molecule has 1 aromatic heterocycles. The van der Waals surface area contributed by atoms with E-state index in [-0.39, 0.29) is 16.3 Å². The topological polar surface area (TPSA) is 49.4 Å². The first-order valence-electron chi connectivity index (χ1n) is 9.77. The Kier molecular flexibility index (Phi) is 6.67. The van der Waals surface area contributed by atoms with Gasteiger partial charge in [-0.3, -0.25) is 9.59 Å². The van der Waals surface area contributed by atoms with E-state index in [2.05, 4.69) is 5.32 Å². The molecule has 3 aromatic carbocycles. The highest BCUT2D eigenvalue weighted by Crippen LogP contribution is 2.27. The number of carbonyl (C=O) groups excluding carboxylic acids is 2. The van der Waals surface area contributed by atoms with Crippen molar-refractivity contribution >= 4 is 50.5 Å². The number of thiophene rings is 1. The number of halogens is 4. The molecule has 4 rings (SSSR count). The van der Waals surface area contributed by atoms with Gasteiger partial charge in [0.15, 0.2) is 0 Å². The molecule has 1 heterocycles. The van der Waals surface area contributed by atoms with Gasteiger partial charge in [-0.05, 0) is 47.9 Å². The monoisotopic (exact) mass is 488 g/mol. The summed E-state index contributed by atoms with van der Waals surface area (Å²) in [6.07, 6.45) is 0. The summed E-state index contributed by atoms with van der Waals surface area (Å²) in [6.45, 7) is -0.945. The quantitative estimate of drug-likeness (QED) is 0.348. The van der Waals surface area contributed by atoms with E-state index >= 15 is 0 Å². The molecular formula is C24H16ClF3N2O2S. The van der Waals surface area contributed by atoms with Gasteiger partial charge in [0.2, 0.25) is 5.91 Å². The summed E-state index contributed by atoms with van der Waals surface area (Å²) in [5, 5.41) is 3.18. The Bertz CT molecular complexity index is 1310. The summed E-state index contributed by atoms with van der Waals surface area (Å²) in [5.41, 5.74) is -0.109. The van der Waals surface area contributed by atoms with Crippen LogP contribution in [0.4, 0.5) is 18.9 Å². The molecule has 0 aliphatic carbocycles. The summed E-state index contributed by atoms with van der Waals surface area (Å²) in [4.78, 5) is 27.3. The van der Waals surface area contributed by atoms with Crippen molar-refractivity contribution in [3.8, 4) is 0 Å². The van der Waals surface area contributed by atoms with Crippen LogP contribution >= 0.6 is 22.9 Å². The van der Waals surface area contributed by atoms with Gasteiger partial charge in [-0.25, -0.2) is 13.2 Å². The molecule has 0 spiro atoms. The molecule has 0 bridgehead atoms. The predicted molar refractivity (Wildman–Crippen MR) is 123 cm³/mol. The van der Waals surface area contributed by atoms with Gasteiger partial charge in [0.05, 0.1) is 16.4 Å². The van der Waals surface area contributed by atoms with Crippen LogP contribution < -0.4 is 5.32 Å². The highest BCUT2D eigenvalue weighted by molar-refractivity contribution is 7.20. The predicted octanol–water partition coefficient (Wildman–Crippen LogP) is 6.25. The average Bonchev–Trinajstić information content (AvgIpc) is 3.22. The zero-order valence-electron chi connectivity index (χ0n) is 16.9. The summed E-state index contributed by atoms with van der Waals surface area (Å²) < 4.78 is 42.8. The van der Waals surface area contributed by atoms with E-state index < -0.39 is 42.4 Å². The normalized spacial score (nSPS) is 10.9. The fraction of sp³-hybridized carbons (Fsp3) is 0.0833. The van der Waals surface area contributed by atoms with E-state index in [1.54, 1.807) is 6.07 Å². The van der Waals surface area contributed by atoms with E-state index in [4.69, 9.17) is 11.6 Å². The lowest BCUT2D eigenvalue weighted by molar-refractivity contribution is -0.117. The molecule has 0 aliphatic rings. The van der Waals surface area contributed by atoms with Crippen LogP contribution in [0.15, 0.2) is 66.7 Å². The minimum Gasteiger partial charge on any atom is -0.324 e. The lowest BCUT2D eigenvalue weighted by atomic mass is 10.1. The zero-order chi connectivity index (χ0) is 23.5. The summed E-state index contributed by atoms with van der Waals surface area (Å²) >= 11 is 6.96. The number of carbonyl (C=O) groups is 2. The molecular weight excluding hydrogens is 473 g/mol. The highest BCUT2D eigenvalue weighted by atomic mass is 35.5. The maximum absolute atomic E-state index is 14.3. The first kappa shape index (κ1) is 22.8. The Labute approximate surface area is 196 Å². The van der Waals surface area contributed by atoms with E-state index in [1.807, 2.05) is 24.3 Å². The molecule has 4 aromatic rings. The third kappa shape index (κ3) is 5.18. The van der Waals surface area contributed by atoms with Crippen molar-refractivity contribution in [3.63, 3.8) is 0 Å². The smallest absolute Gasteiger partial charge is 0.264 e. The number of benzene rings is 3. The van der Waals surface area contributed by atoms with Crippen LogP contribution in [-0.4, -0.2) is 23.3 Å². The molecule has 0 fully saturated rings. The SMILES string of the molecule is O=C(CN(Cc1c(F)cccc1F)C(=O)c1cc2ccccc2s1)Nc1ccc(F)c(Cl)c1. The molecule has 1 N–H and O–H groups in total. The Hall–Kier alpha value is -3.36. The van der Waals surface area contributed by atoms with Crippen molar-refractivity contribution < 1.29 is 22.8 Å². The minimum absolute atomic E-state index is 0.181. The minimum atomic E-state index is -0.824. The fourth-order valence-electron chi connectivity index (χ4n) is 3.26. The molecule has 168 valence electrons. The van der Waals surface area contributed by atoms with Crippen molar-refractivity contribution in [1.82, 2.24) is 4.90 Å². The van der Waals surface area contributed by atoms with Crippen LogP contribution in [0.1, 0.15) is 15.2 Å². The molecule has 9 heteroatoms. The molecule has 0 unspecified atom stereocenters.